The normalized spacial score (nSPS) is 12.7. The van der Waals surface area contributed by atoms with E-state index in [1.807, 2.05) is 6.92 Å². The summed E-state index contributed by atoms with van der Waals surface area (Å²) in [4.78, 5) is 2.49. The van der Waals surface area contributed by atoms with Crippen LogP contribution in [0, 0.1) is 13.8 Å². The van der Waals surface area contributed by atoms with Crippen molar-refractivity contribution < 1.29 is 0 Å². The summed E-state index contributed by atoms with van der Waals surface area (Å²) in [6.45, 7) is 6.12. The molecule has 2 aromatic heterocycles. The maximum atomic E-state index is 5.73. The summed E-state index contributed by atoms with van der Waals surface area (Å²) in [5, 5.41) is 8.37. The number of hydrogen-bond donors (Lipinski definition) is 2. The van der Waals surface area contributed by atoms with Gasteiger partial charge in [-0.3, -0.25) is 5.84 Å². The van der Waals surface area contributed by atoms with Crippen LogP contribution in [0.5, 0.6) is 0 Å². The summed E-state index contributed by atoms with van der Waals surface area (Å²) in [5.41, 5.74) is 5.92. The topological polar surface area (TPSA) is 63.8 Å². The van der Waals surface area contributed by atoms with Gasteiger partial charge in [0.05, 0.1) is 17.4 Å². The van der Waals surface area contributed by atoms with E-state index in [9.17, 15) is 0 Å². The average Bonchev–Trinajstić information content (AvgIpc) is 2.77. The van der Waals surface area contributed by atoms with Gasteiger partial charge in [-0.15, -0.1) is 11.3 Å². The lowest BCUT2D eigenvalue weighted by Crippen LogP contribution is -2.29. The fraction of sp³-hybridized carbons (Fsp3) is 0.385. The van der Waals surface area contributed by atoms with Crippen molar-refractivity contribution in [3.63, 3.8) is 0 Å². The molecule has 5 heteroatoms. The number of aryl methyl sites for hydroxylation is 3. The maximum absolute atomic E-state index is 5.73. The molecule has 0 amide bonds. The molecule has 3 N–H and O–H groups in total. The quantitative estimate of drug-likeness (QED) is 0.655. The highest BCUT2D eigenvalue weighted by molar-refractivity contribution is 7.12. The van der Waals surface area contributed by atoms with Crippen LogP contribution in [0.3, 0.4) is 0 Å². The lowest BCUT2D eigenvalue weighted by Gasteiger charge is -2.17. The summed E-state index contributed by atoms with van der Waals surface area (Å²) in [5.74, 6) is 5.73. The van der Waals surface area contributed by atoms with Crippen molar-refractivity contribution in [1.82, 2.24) is 15.6 Å². The third-order valence-electron chi connectivity index (χ3n) is 2.88. The molecule has 0 aromatic carbocycles. The van der Waals surface area contributed by atoms with Gasteiger partial charge in [0.2, 0.25) is 0 Å². The van der Waals surface area contributed by atoms with Gasteiger partial charge >= 0.3 is 0 Å². The first kappa shape index (κ1) is 13.1. The molecule has 0 fully saturated rings. The summed E-state index contributed by atoms with van der Waals surface area (Å²) in [6.07, 6.45) is 0.852. The lowest BCUT2D eigenvalue weighted by molar-refractivity contribution is 0.630. The lowest BCUT2D eigenvalue weighted by atomic mass is 10.0. The zero-order chi connectivity index (χ0) is 13.1. The van der Waals surface area contributed by atoms with Crippen LogP contribution in [0.1, 0.15) is 39.7 Å². The van der Waals surface area contributed by atoms with Gasteiger partial charge in [0, 0.05) is 15.3 Å². The number of aromatic nitrogens is 2. The largest absolute Gasteiger partial charge is 0.271 e. The van der Waals surface area contributed by atoms with Gasteiger partial charge in [0.25, 0.3) is 0 Å². The standard InChI is InChI=1S/C13H18N4S/c1-4-11-10(7-8(2)16-17-11)13(15-14)12-6-5-9(3)18-12/h5-7,13,15H,4,14H2,1-3H3. The molecule has 0 aliphatic rings. The van der Waals surface area contributed by atoms with Crippen LogP contribution in [0.4, 0.5) is 0 Å². The molecule has 2 rings (SSSR count). The fourth-order valence-electron chi connectivity index (χ4n) is 1.99. The Morgan fingerprint density at radius 3 is 2.67 bits per heavy atom. The second kappa shape index (κ2) is 5.56. The van der Waals surface area contributed by atoms with Crippen molar-refractivity contribution >= 4 is 11.3 Å². The van der Waals surface area contributed by atoms with Crippen LogP contribution in [0.25, 0.3) is 0 Å². The Balaban J connectivity index is 2.47. The van der Waals surface area contributed by atoms with Crippen LogP contribution in [0.2, 0.25) is 0 Å². The molecule has 0 saturated carbocycles. The molecule has 18 heavy (non-hydrogen) atoms. The molecule has 0 aliphatic heterocycles. The van der Waals surface area contributed by atoms with Gasteiger partial charge < -0.3 is 0 Å². The Morgan fingerprint density at radius 1 is 1.33 bits per heavy atom. The summed E-state index contributed by atoms with van der Waals surface area (Å²) < 4.78 is 0. The Morgan fingerprint density at radius 2 is 2.11 bits per heavy atom. The molecular formula is C13H18N4S. The van der Waals surface area contributed by atoms with E-state index >= 15 is 0 Å². The number of hydrazine groups is 1. The van der Waals surface area contributed by atoms with Crippen LogP contribution >= 0.6 is 11.3 Å². The number of hydrogen-bond acceptors (Lipinski definition) is 5. The van der Waals surface area contributed by atoms with Gasteiger partial charge in [-0.1, -0.05) is 6.92 Å². The Kier molecular flexibility index (Phi) is 4.06. The highest BCUT2D eigenvalue weighted by Crippen LogP contribution is 2.29. The molecule has 2 heterocycles. The molecule has 4 nitrogen and oxygen atoms in total. The highest BCUT2D eigenvalue weighted by atomic mass is 32.1. The molecule has 1 unspecified atom stereocenters. The third kappa shape index (κ3) is 2.58. The predicted molar refractivity (Wildman–Crippen MR) is 74.4 cm³/mol. The third-order valence-corrected chi connectivity index (χ3v) is 3.95. The van der Waals surface area contributed by atoms with E-state index in [-0.39, 0.29) is 6.04 Å². The Hall–Kier alpha value is -1.30. The monoisotopic (exact) mass is 262 g/mol. The summed E-state index contributed by atoms with van der Waals surface area (Å²) in [7, 11) is 0. The van der Waals surface area contributed by atoms with Crippen molar-refractivity contribution in [3.05, 3.63) is 44.9 Å². The van der Waals surface area contributed by atoms with Gasteiger partial charge in [0.15, 0.2) is 0 Å². The fourth-order valence-corrected chi connectivity index (χ4v) is 2.95. The number of thiophene rings is 1. The van der Waals surface area contributed by atoms with Gasteiger partial charge in [-0.2, -0.15) is 10.2 Å². The maximum Gasteiger partial charge on any atom is 0.0821 e. The molecule has 0 saturated heterocycles. The van der Waals surface area contributed by atoms with Crippen molar-refractivity contribution in [3.8, 4) is 0 Å². The first-order chi connectivity index (χ1) is 8.65. The summed E-state index contributed by atoms with van der Waals surface area (Å²) in [6, 6.07) is 6.27. The number of nitrogens with two attached hydrogens (primary N) is 1. The number of nitrogens with zero attached hydrogens (tertiary/aromatic N) is 2. The number of rotatable bonds is 4. The van der Waals surface area contributed by atoms with Crippen LogP contribution in [-0.2, 0) is 6.42 Å². The molecule has 2 aromatic rings. The molecule has 0 spiro atoms. The van der Waals surface area contributed by atoms with Gasteiger partial charge in [-0.25, -0.2) is 5.43 Å². The molecular weight excluding hydrogens is 244 g/mol. The molecule has 0 bridgehead atoms. The molecule has 96 valence electrons. The minimum absolute atomic E-state index is 0.00662. The smallest absolute Gasteiger partial charge is 0.0821 e. The van der Waals surface area contributed by atoms with E-state index in [1.54, 1.807) is 11.3 Å². The SMILES string of the molecule is CCc1nnc(C)cc1C(NN)c1ccc(C)s1. The summed E-state index contributed by atoms with van der Waals surface area (Å²) >= 11 is 1.75. The zero-order valence-corrected chi connectivity index (χ0v) is 11.7. The molecule has 1 atom stereocenters. The van der Waals surface area contributed by atoms with Gasteiger partial charge in [0.1, 0.15) is 0 Å². The van der Waals surface area contributed by atoms with Crippen molar-refractivity contribution in [1.29, 1.82) is 0 Å². The van der Waals surface area contributed by atoms with E-state index in [0.29, 0.717) is 0 Å². The van der Waals surface area contributed by atoms with E-state index in [1.165, 1.54) is 9.75 Å². The van der Waals surface area contributed by atoms with Crippen molar-refractivity contribution in [2.75, 3.05) is 0 Å². The minimum atomic E-state index is -0.00662. The molecule has 0 aliphatic carbocycles. The van der Waals surface area contributed by atoms with E-state index in [2.05, 4.69) is 47.7 Å². The van der Waals surface area contributed by atoms with Gasteiger partial charge in [-0.05, 0) is 38.5 Å². The van der Waals surface area contributed by atoms with E-state index < -0.39 is 0 Å². The van der Waals surface area contributed by atoms with Crippen LogP contribution < -0.4 is 11.3 Å². The Bertz CT molecular complexity index is 536. The first-order valence-corrected chi connectivity index (χ1v) is 6.83. The second-order valence-electron chi connectivity index (χ2n) is 4.29. The number of nitrogens with one attached hydrogen (secondary N) is 1. The average molecular weight is 262 g/mol. The predicted octanol–water partition coefficient (Wildman–Crippen LogP) is 2.27. The first-order valence-electron chi connectivity index (χ1n) is 6.01. The highest BCUT2D eigenvalue weighted by Gasteiger charge is 2.18. The zero-order valence-electron chi connectivity index (χ0n) is 10.9. The molecule has 0 radical (unpaired) electrons. The van der Waals surface area contributed by atoms with Crippen molar-refractivity contribution in [2.24, 2.45) is 5.84 Å². The van der Waals surface area contributed by atoms with Crippen molar-refractivity contribution in [2.45, 2.75) is 33.2 Å². The second-order valence-corrected chi connectivity index (χ2v) is 5.61. The van der Waals surface area contributed by atoms with Crippen LogP contribution in [-0.4, -0.2) is 10.2 Å². The van der Waals surface area contributed by atoms with E-state index in [4.69, 9.17) is 5.84 Å². The Labute approximate surface area is 111 Å². The minimum Gasteiger partial charge on any atom is -0.271 e. The van der Waals surface area contributed by atoms with E-state index in [0.717, 1.165) is 23.4 Å². The van der Waals surface area contributed by atoms with Crippen LogP contribution in [0.15, 0.2) is 18.2 Å².